The van der Waals surface area contributed by atoms with E-state index in [4.69, 9.17) is 42.1 Å². The van der Waals surface area contributed by atoms with Gasteiger partial charge in [0.2, 0.25) is 0 Å². The number of rotatable bonds is 22. The summed E-state index contributed by atoms with van der Waals surface area (Å²) in [6, 6.07) is 23.8. The van der Waals surface area contributed by atoms with Gasteiger partial charge in [-0.2, -0.15) is 0 Å². The van der Waals surface area contributed by atoms with Gasteiger partial charge in [-0.05, 0) is 291 Å². The lowest BCUT2D eigenvalue weighted by Crippen LogP contribution is -2.05. The molecule has 1 aliphatic carbocycles. The molecular weight excluding hydrogens is 1550 g/mol. The highest BCUT2D eigenvalue weighted by Gasteiger charge is 2.32. The third-order valence-electron chi connectivity index (χ3n) is 18.0. The minimum absolute atomic E-state index is 0.0867. The van der Waals surface area contributed by atoms with E-state index in [1.165, 1.54) is 35.7 Å². The summed E-state index contributed by atoms with van der Waals surface area (Å²) in [6.45, 7) is 7.54. The molecule has 534 valence electrons. The maximum atomic E-state index is 12.6. The molecule has 0 bridgehead atoms. The summed E-state index contributed by atoms with van der Waals surface area (Å²) in [5, 5.41) is 20.8. The highest BCUT2D eigenvalue weighted by atomic mass is 127. The third kappa shape index (κ3) is 17.6. The van der Waals surface area contributed by atoms with Crippen LogP contribution in [0.3, 0.4) is 0 Å². The molecule has 103 heavy (non-hydrogen) atoms. The maximum Gasteiger partial charge on any atom is 0.335 e. The Labute approximate surface area is 626 Å². The van der Waals surface area contributed by atoms with Gasteiger partial charge in [-0.15, -0.1) is 0 Å². The van der Waals surface area contributed by atoms with Crippen molar-refractivity contribution in [3.63, 3.8) is 0 Å². The van der Waals surface area contributed by atoms with Crippen LogP contribution < -0.4 is 53.7 Å². The fourth-order valence-corrected chi connectivity index (χ4v) is 14.6. The second-order valence-corrected chi connectivity index (χ2v) is 28.0. The average Bonchev–Trinajstić information content (AvgIpc) is 1.70. The van der Waals surface area contributed by atoms with E-state index in [2.05, 4.69) is 101 Å². The molecular formula is C77H81Br2IN14O9. The molecule has 0 spiro atoms. The van der Waals surface area contributed by atoms with Crippen LogP contribution in [0, 0.1) is 17.4 Å². The average molecular weight is 1630 g/mol. The number of nitrogens with zero attached hydrogens (tertiary/aromatic N) is 4. The molecule has 0 radical (unpaired) electrons. The number of aliphatic imine (C=N–C) groups is 1. The monoisotopic (exact) mass is 1630 g/mol. The van der Waals surface area contributed by atoms with Gasteiger partial charge in [-0.3, -0.25) is 24.2 Å². The molecule has 23 nitrogen and oxygen atoms in total. The number of aromatic nitrogens is 5. The Kier molecular flexibility index (Phi) is 25.2. The smallest absolute Gasteiger partial charge is 0.335 e. The number of ether oxygens (including phenoxy) is 3. The number of carboxylic acids is 1. The van der Waals surface area contributed by atoms with Crippen LogP contribution in [-0.2, 0) is 49.6 Å². The zero-order chi connectivity index (χ0) is 72.8. The summed E-state index contributed by atoms with van der Waals surface area (Å²) < 4.78 is 19.6. The molecule has 5 aliphatic heterocycles. The number of carbonyl (C=O) groups is 5. The number of fused-ring (bicyclic) bond motifs is 7. The normalized spacial score (nSPS) is 15.9. The summed E-state index contributed by atoms with van der Waals surface area (Å²) in [4.78, 5) is 85.7. The predicted octanol–water partition coefficient (Wildman–Crippen LogP) is 13.2. The molecule has 5 aromatic carbocycles. The molecule has 6 aliphatic rings. The molecule has 15 N–H and O–H groups in total. The second-order valence-electron chi connectivity index (χ2n) is 25.0. The summed E-state index contributed by atoms with van der Waals surface area (Å²) in [5.74, 6) is 0.648. The molecule has 0 saturated carbocycles. The molecule has 8 aromatic rings. The first-order valence-electron chi connectivity index (χ1n) is 34.2. The van der Waals surface area contributed by atoms with E-state index < -0.39 is 5.97 Å². The van der Waals surface area contributed by atoms with E-state index in [1.54, 1.807) is 37.9 Å². The molecule has 26 heteroatoms. The minimum atomic E-state index is -1.00. The first-order chi connectivity index (χ1) is 49.9. The largest absolute Gasteiger partial charge is 0.497 e. The Morgan fingerprint density at radius 2 is 1.25 bits per heavy atom. The van der Waals surface area contributed by atoms with Crippen LogP contribution >= 0.6 is 54.5 Å². The number of methoxy groups -OCH3 is 1. The van der Waals surface area contributed by atoms with Crippen molar-refractivity contribution in [2.45, 2.75) is 97.3 Å². The first kappa shape index (κ1) is 74.8. The summed E-state index contributed by atoms with van der Waals surface area (Å²) in [7, 11) is 1.61. The Morgan fingerprint density at radius 1 is 0.641 bits per heavy atom. The topological polar surface area (TPSA) is 368 Å². The van der Waals surface area contributed by atoms with E-state index in [0.717, 1.165) is 162 Å². The molecule has 0 unspecified atom stereocenters. The second kappa shape index (κ2) is 34.7. The highest BCUT2D eigenvalue weighted by Crippen LogP contribution is 2.42. The van der Waals surface area contributed by atoms with Crippen LogP contribution in [0.2, 0.25) is 0 Å². The maximum absolute atomic E-state index is 12.6. The number of amides is 4. The number of aromatic carboxylic acids is 1. The van der Waals surface area contributed by atoms with Gasteiger partial charge < -0.3 is 73.5 Å². The number of H-pyrrole nitrogens is 2. The Hall–Kier alpha value is -9.42. The van der Waals surface area contributed by atoms with Gasteiger partial charge in [-0.25, -0.2) is 19.7 Å². The van der Waals surface area contributed by atoms with Crippen LogP contribution in [0.25, 0.3) is 51.6 Å². The van der Waals surface area contributed by atoms with Gasteiger partial charge in [-0.1, -0.05) is 0 Å². The molecule has 4 amide bonds. The fraction of sp³-hybridized carbons (Fsp3) is 0.286. The number of carbonyl (C=O) groups excluding carboxylic acids is 4. The number of imidazole rings is 1. The van der Waals surface area contributed by atoms with Gasteiger partial charge in [0.15, 0.2) is 0 Å². The van der Waals surface area contributed by atoms with Crippen molar-refractivity contribution in [3.05, 3.63) is 194 Å². The number of allylic oxidation sites excluding steroid dienone is 2. The van der Waals surface area contributed by atoms with Crippen molar-refractivity contribution in [3.8, 4) is 11.5 Å². The first-order valence-corrected chi connectivity index (χ1v) is 36.9. The minimum Gasteiger partial charge on any atom is -0.497 e. The van der Waals surface area contributed by atoms with Crippen molar-refractivity contribution in [1.29, 1.82) is 0 Å². The SMILES string of the molecule is COc1ccc2c(c1)/C(=C/c1nc[nH]c1CCCN)C(=O)N2.Cc1nc2ccc3c(c2nc1C)/C(=C/C1=C(OCCCN)CC=N1)C(=O)N3.NCCCCOc1c(Br)cc(/C=C2\C(=O)Nc3ccc(I)cc32)cc1Br.NCCCCc1c(/C=C2\C(=O)Nc3ccc(C(=O)O)cc32)[nH]c2c1CCCC2. The number of hydrogen-bond donors (Lipinski definition) is 11. The number of nitrogens with two attached hydrogens (primary N) is 4. The van der Waals surface area contributed by atoms with Crippen molar-refractivity contribution < 1.29 is 43.3 Å². The zero-order valence-corrected chi connectivity index (χ0v) is 62.7. The lowest BCUT2D eigenvalue weighted by Gasteiger charge is -2.12. The van der Waals surface area contributed by atoms with Crippen LogP contribution in [-0.4, -0.2) is 112 Å². The van der Waals surface area contributed by atoms with Crippen molar-refractivity contribution in [1.82, 2.24) is 24.9 Å². The van der Waals surface area contributed by atoms with E-state index in [-0.39, 0.29) is 29.2 Å². The summed E-state index contributed by atoms with van der Waals surface area (Å²) in [6.07, 6.45) is 23.1. The number of hydrogen-bond acceptors (Lipinski definition) is 16. The lowest BCUT2D eigenvalue weighted by atomic mass is 9.92. The highest BCUT2D eigenvalue weighted by molar-refractivity contribution is 14.1. The Balaban J connectivity index is 0.000000138. The van der Waals surface area contributed by atoms with Crippen LogP contribution in [0.4, 0.5) is 22.7 Å². The third-order valence-corrected chi connectivity index (χ3v) is 19.8. The molecule has 0 fully saturated rings. The zero-order valence-electron chi connectivity index (χ0n) is 57.4. The lowest BCUT2D eigenvalue weighted by molar-refractivity contribution is -0.111. The van der Waals surface area contributed by atoms with Gasteiger partial charge in [0.1, 0.15) is 23.0 Å². The molecule has 0 atom stereocenters. The van der Waals surface area contributed by atoms with Crippen molar-refractivity contribution in [2.24, 2.45) is 27.9 Å². The Morgan fingerprint density at radius 3 is 1.96 bits per heavy atom. The number of halogens is 3. The number of anilines is 4. The van der Waals surface area contributed by atoms with E-state index in [9.17, 15) is 29.1 Å². The molecule has 3 aromatic heterocycles. The molecule has 14 rings (SSSR count). The summed E-state index contributed by atoms with van der Waals surface area (Å²) in [5.41, 5.74) is 42.4. The van der Waals surface area contributed by atoms with Crippen molar-refractivity contribution >= 4 is 165 Å². The van der Waals surface area contributed by atoms with Crippen LogP contribution in [0.1, 0.15) is 141 Å². The van der Waals surface area contributed by atoms with Crippen molar-refractivity contribution in [2.75, 3.05) is 67.8 Å². The quantitative estimate of drug-likeness (QED) is 0.0171. The van der Waals surface area contributed by atoms with E-state index >= 15 is 0 Å². The van der Waals surface area contributed by atoms with Gasteiger partial charge >= 0.3 is 5.97 Å². The predicted molar refractivity (Wildman–Crippen MR) is 421 cm³/mol. The number of unbranched alkanes of at least 4 members (excludes halogenated alkanes) is 2. The van der Waals surface area contributed by atoms with Gasteiger partial charge in [0, 0.05) is 78.2 Å². The fourth-order valence-electron chi connectivity index (χ4n) is 12.6. The number of nitrogens with one attached hydrogen (secondary N) is 6. The number of benzene rings is 5. The van der Waals surface area contributed by atoms with E-state index in [1.807, 2.05) is 92.7 Å². The standard InChI is InChI=1S/C22H25N3O3.C20H21N5O2.C19H17Br2IN2O2.C16H18N4O2/c23-10-4-3-6-15-14-5-1-2-7-18(14)24-20(15)12-17-16-11-13(22(27)28)8-9-19(16)25-21(17)26;1-11-12(2)24-19-15(23-11)5-4-14-18(19)13(20(26)25-14)10-16-17(6-8-22-16)27-9-3-7-21;20-15-8-11(9-16(21)18(15)26-6-2-1-5-23)7-14-13-10-12(22)3-4-17(13)24-19(14)25;1-22-10-4-5-13-11(7-10)12(16(21)20-13)8-15-14(3-2-6-17)18-9-19-15/h8-9,11-12,24H,1-7,10,23H2,(H,25,26)(H,27,28);4-5,8,10H,3,6-7,9,21H2,1-2H3,(H,25,26);3-4,7-10H,1-2,5-6,23H2,(H,24,25);4-5,7-9H,2-3,6,17H2,1H3,(H,18,19)(H,20,21)/b17-12-;13-10-;14-7-;12-8-. The number of carboxylic acid groups (broad SMARTS) is 1. The van der Waals surface area contributed by atoms with Gasteiger partial charge in [0.05, 0.1) is 91.7 Å². The number of aryl methyl sites for hydroxylation is 4. The van der Waals surface area contributed by atoms with Crippen LogP contribution in [0.5, 0.6) is 11.5 Å². The molecule has 0 saturated heterocycles. The van der Waals surface area contributed by atoms with E-state index in [0.29, 0.717) is 96.3 Å². The molecule has 8 heterocycles. The number of aromatic amines is 2. The Bertz CT molecular complexity index is 4800. The summed E-state index contributed by atoms with van der Waals surface area (Å²) >= 11 is 9.38. The van der Waals surface area contributed by atoms with Gasteiger partial charge in [0.25, 0.3) is 23.6 Å². The van der Waals surface area contributed by atoms with Crippen LogP contribution in [0.15, 0.2) is 117 Å².